The minimum atomic E-state index is -1.08. The summed E-state index contributed by atoms with van der Waals surface area (Å²) in [5, 5.41) is 9.79. The third-order valence-corrected chi connectivity index (χ3v) is 3.74. The molecule has 0 fully saturated rings. The van der Waals surface area contributed by atoms with Gasteiger partial charge in [-0.2, -0.15) is 0 Å². The van der Waals surface area contributed by atoms with Gasteiger partial charge in [-0.05, 0) is 49.4 Å². The van der Waals surface area contributed by atoms with Crippen LogP contribution in [0.5, 0.6) is 5.75 Å². The van der Waals surface area contributed by atoms with Crippen LogP contribution in [0.3, 0.4) is 0 Å². The number of rotatable bonds is 4. The van der Waals surface area contributed by atoms with E-state index in [1.54, 1.807) is 36.4 Å². The smallest absolute Gasteiger partial charge is 0.344 e. The van der Waals surface area contributed by atoms with E-state index in [0.29, 0.717) is 27.5 Å². The van der Waals surface area contributed by atoms with Crippen molar-refractivity contribution < 1.29 is 19.1 Å². The van der Waals surface area contributed by atoms with Gasteiger partial charge in [0.25, 0.3) is 0 Å². The van der Waals surface area contributed by atoms with Crippen molar-refractivity contribution in [1.82, 2.24) is 0 Å². The first-order valence-corrected chi connectivity index (χ1v) is 7.55. The molecule has 1 heterocycles. The van der Waals surface area contributed by atoms with Gasteiger partial charge in [0.15, 0.2) is 11.5 Å². The summed E-state index contributed by atoms with van der Waals surface area (Å²) >= 11 is 5.86. The van der Waals surface area contributed by atoms with Crippen molar-refractivity contribution in [3.63, 3.8) is 0 Å². The average molecular weight is 345 g/mol. The third-order valence-electron chi connectivity index (χ3n) is 3.49. The van der Waals surface area contributed by atoms with Gasteiger partial charge < -0.3 is 14.3 Å². The molecular formula is C18H13ClO5. The minimum absolute atomic E-state index is 0.241. The van der Waals surface area contributed by atoms with Crippen LogP contribution in [0, 0.1) is 0 Å². The molecule has 3 aromatic rings. The van der Waals surface area contributed by atoms with Crippen molar-refractivity contribution >= 4 is 28.5 Å². The van der Waals surface area contributed by atoms with Gasteiger partial charge in [-0.25, -0.2) is 4.79 Å². The highest BCUT2D eigenvalue weighted by Crippen LogP contribution is 2.26. The lowest BCUT2D eigenvalue weighted by atomic mass is 10.1. The summed E-state index contributed by atoms with van der Waals surface area (Å²) in [6.45, 7) is 1.42. The zero-order chi connectivity index (χ0) is 17.3. The number of halogens is 1. The van der Waals surface area contributed by atoms with E-state index < -0.39 is 12.1 Å². The van der Waals surface area contributed by atoms with Gasteiger partial charge >= 0.3 is 5.97 Å². The molecule has 122 valence electrons. The van der Waals surface area contributed by atoms with E-state index in [0.717, 1.165) is 5.56 Å². The lowest BCUT2D eigenvalue weighted by Crippen LogP contribution is -2.22. The molecule has 1 N–H and O–H groups in total. The Morgan fingerprint density at radius 3 is 2.54 bits per heavy atom. The monoisotopic (exact) mass is 344 g/mol. The fourth-order valence-electron chi connectivity index (χ4n) is 2.22. The molecule has 1 atom stereocenters. The van der Waals surface area contributed by atoms with Crippen molar-refractivity contribution in [3.8, 4) is 17.1 Å². The van der Waals surface area contributed by atoms with E-state index in [1.807, 2.05) is 0 Å². The maximum atomic E-state index is 12.4. The van der Waals surface area contributed by atoms with Crippen LogP contribution >= 0.6 is 11.6 Å². The fraction of sp³-hybridized carbons (Fsp3) is 0.111. The molecule has 0 aliphatic rings. The molecule has 0 saturated carbocycles. The molecule has 0 aliphatic heterocycles. The van der Waals surface area contributed by atoms with Crippen LogP contribution in [0.25, 0.3) is 22.3 Å². The second-order valence-electron chi connectivity index (χ2n) is 5.24. The largest absolute Gasteiger partial charge is 0.479 e. The van der Waals surface area contributed by atoms with Crippen LogP contribution < -0.4 is 10.2 Å². The molecule has 0 aliphatic carbocycles. The third kappa shape index (κ3) is 3.26. The standard InChI is InChI=1S/C18H13ClO5/c1-10(18(21)22)23-13-6-7-16-14(8-13)15(20)9-17(24-16)11-2-4-12(19)5-3-11/h2-10H,1H3,(H,21,22). The molecule has 0 bridgehead atoms. The zero-order valence-corrected chi connectivity index (χ0v) is 13.4. The molecule has 0 saturated heterocycles. The fourth-order valence-corrected chi connectivity index (χ4v) is 2.35. The Labute approximate surface area is 142 Å². The summed E-state index contributed by atoms with van der Waals surface area (Å²) in [5.74, 6) is -0.360. The maximum absolute atomic E-state index is 12.4. The second-order valence-corrected chi connectivity index (χ2v) is 5.67. The van der Waals surface area contributed by atoms with Crippen molar-refractivity contribution in [2.24, 2.45) is 0 Å². The SMILES string of the molecule is CC(Oc1ccc2oc(-c3ccc(Cl)cc3)cc(=O)c2c1)C(=O)O. The number of ether oxygens (including phenoxy) is 1. The summed E-state index contributed by atoms with van der Waals surface area (Å²) in [4.78, 5) is 23.2. The summed E-state index contributed by atoms with van der Waals surface area (Å²) in [6, 6.07) is 13.0. The molecule has 0 radical (unpaired) electrons. The second kappa shape index (κ2) is 6.37. The minimum Gasteiger partial charge on any atom is -0.479 e. The number of hydrogen-bond acceptors (Lipinski definition) is 4. The van der Waals surface area contributed by atoms with E-state index in [-0.39, 0.29) is 5.43 Å². The van der Waals surface area contributed by atoms with Crippen LogP contribution in [0.2, 0.25) is 5.02 Å². The van der Waals surface area contributed by atoms with Gasteiger partial charge in [0, 0.05) is 16.7 Å². The summed E-state index contributed by atoms with van der Waals surface area (Å²) in [7, 11) is 0. The van der Waals surface area contributed by atoms with Crippen LogP contribution in [0.1, 0.15) is 6.92 Å². The Bertz CT molecular complexity index is 959. The Kier molecular flexibility index (Phi) is 4.27. The molecule has 1 unspecified atom stereocenters. The van der Waals surface area contributed by atoms with Gasteiger partial charge in [0.2, 0.25) is 0 Å². The van der Waals surface area contributed by atoms with Crippen molar-refractivity contribution in [2.45, 2.75) is 13.0 Å². The van der Waals surface area contributed by atoms with Gasteiger partial charge in [-0.3, -0.25) is 4.79 Å². The van der Waals surface area contributed by atoms with E-state index in [2.05, 4.69) is 0 Å². The summed E-state index contributed by atoms with van der Waals surface area (Å²) in [5.41, 5.74) is 0.885. The highest BCUT2D eigenvalue weighted by Gasteiger charge is 2.14. The van der Waals surface area contributed by atoms with Gasteiger partial charge in [-0.1, -0.05) is 11.6 Å². The van der Waals surface area contributed by atoms with Crippen LogP contribution in [-0.2, 0) is 4.79 Å². The molecule has 24 heavy (non-hydrogen) atoms. The first-order valence-electron chi connectivity index (χ1n) is 7.17. The number of fused-ring (bicyclic) bond motifs is 1. The van der Waals surface area contributed by atoms with E-state index in [1.165, 1.54) is 19.1 Å². The predicted molar refractivity (Wildman–Crippen MR) is 90.7 cm³/mol. The zero-order valence-electron chi connectivity index (χ0n) is 12.7. The van der Waals surface area contributed by atoms with Crippen molar-refractivity contribution in [1.29, 1.82) is 0 Å². The van der Waals surface area contributed by atoms with Crippen molar-refractivity contribution in [2.75, 3.05) is 0 Å². The molecule has 0 spiro atoms. The quantitative estimate of drug-likeness (QED) is 0.775. The predicted octanol–water partition coefficient (Wildman–Crippen LogP) is 3.97. The Morgan fingerprint density at radius 2 is 1.88 bits per heavy atom. The van der Waals surface area contributed by atoms with E-state index in [4.69, 9.17) is 25.9 Å². The summed E-state index contributed by atoms with van der Waals surface area (Å²) < 4.78 is 11.0. The normalized spacial score (nSPS) is 12.1. The molecule has 0 amide bonds. The molecule has 5 nitrogen and oxygen atoms in total. The van der Waals surface area contributed by atoms with E-state index in [9.17, 15) is 9.59 Å². The van der Waals surface area contributed by atoms with Gasteiger partial charge in [0.1, 0.15) is 17.1 Å². The number of carboxylic acids is 1. The Hall–Kier alpha value is -2.79. The highest BCUT2D eigenvalue weighted by molar-refractivity contribution is 6.30. The number of benzene rings is 2. The topological polar surface area (TPSA) is 76.7 Å². The lowest BCUT2D eigenvalue weighted by Gasteiger charge is -2.11. The number of carbonyl (C=O) groups is 1. The highest BCUT2D eigenvalue weighted by atomic mass is 35.5. The van der Waals surface area contributed by atoms with Crippen LogP contribution in [0.15, 0.2) is 57.7 Å². The lowest BCUT2D eigenvalue weighted by molar-refractivity contribution is -0.144. The van der Waals surface area contributed by atoms with Gasteiger partial charge in [0.05, 0.1) is 5.39 Å². The van der Waals surface area contributed by atoms with Crippen LogP contribution in [0.4, 0.5) is 0 Å². The Balaban J connectivity index is 2.02. The van der Waals surface area contributed by atoms with E-state index >= 15 is 0 Å². The Morgan fingerprint density at radius 1 is 1.17 bits per heavy atom. The van der Waals surface area contributed by atoms with Crippen LogP contribution in [-0.4, -0.2) is 17.2 Å². The first kappa shape index (κ1) is 16.1. The number of hydrogen-bond donors (Lipinski definition) is 1. The molecule has 6 heteroatoms. The average Bonchev–Trinajstić information content (AvgIpc) is 2.55. The molecule has 3 rings (SSSR count). The molecular weight excluding hydrogens is 332 g/mol. The van der Waals surface area contributed by atoms with Gasteiger partial charge in [-0.15, -0.1) is 0 Å². The molecule has 2 aromatic carbocycles. The maximum Gasteiger partial charge on any atom is 0.344 e. The molecule has 1 aromatic heterocycles. The van der Waals surface area contributed by atoms with Crippen molar-refractivity contribution in [3.05, 3.63) is 63.8 Å². The number of carboxylic acid groups (broad SMARTS) is 1. The first-order chi connectivity index (χ1) is 11.4. The number of aliphatic carboxylic acids is 1. The summed E-state index contributed by atoms with van der Waals surface area (Å²) in [6.07, 6.45) is -1.01.